The van der Waals surface area contributed by atoms with E-state index in [0.717, 1.165) is 25.9 Å². The highest BCUT2D eigenvalue weighted by Crippen LogP contribution is 2.11. The van der Waals surface area contributed by atoms with Crippen LogP contribution >= 0.6 is 0 Å². The van der Waals surface area contributed by atoms with Crippen LogP contribution in [0, 0.1) is 0 Å². The number of likely N-dealkylation sites (tertiary alicyclic amines) is 1. The van der Waals surface area contributed by atoms with Gasteiger partial charge in [-0.15, -0.1) is 0 Å². The number of rotatable bonds is 3. The summed E-state index contributed by atoms with van der Waals surface area (Å²) in [5.74, 6) is 0.0505. The number of hydrogen-bond acceptors (Lipinski definition) is 5. The molecule has 0 aromatic carbocycles. The van der Waals surface area contributed by atoms with Gasteiger partial charge in [-0.1, -0.05) is 0 Å². The van der Waals surface area contributed by atoms with Crippen molar-refractivity contribution in [3.05, 3.63) is 0 Å². The number of carbonyl (C=O) groups excluding carboxylic acids is 1. The van der Waals surface area contributed by atoms with Gasteiger partial charge in [-0.05, 0) is 12.8 Å². The lowest BCUT2D eigenvalue weighted by atomic mass is 10.1. The molecule has 0 aromatic rings. The molecule has 0 aliphatic carbocycles. The van der Waals surface area contributed by atoms with E-state index in [0.29, 0.717) is 32.7 Å². The second-order valence-corrected chi connectivity index (χ2v) is 7.53. The number of aliphatic hydroxyl groups excluding tert-OH is 1. The van der Waals surface area contributed by atoms with Crippen molar-refractivity contribution in [2.75, 3.05) is 52.1 Å². The molecule has 20 heavy (non-hydrogen) atoms. The molecule has 2 fully saturated rings. The van der Waals surface area contributed by atoms with E-state index in [9.17, 15) is 18.3 Å². The Kier molecular flexibility index (Phi) is 5.00. The number of aliphatic hydroxyl groups is 1. The third-order valence-corrected chi connectivity index (χ3v) is 5.28. The number of carbonyl (C=O) groups is 1. The second-order valence-electron chi connectivity index (χ2n) is 5.55. The van der Waals surface area contributed by atoms with Gasteiger partial charge in [-0.3, -0.25) is 9.69 Å². The van der Waals surface area contributed by atoms with Crippen molar-refractivity contribution in [3.63, 3.8) is 0 Å². The lowest BCUT2D eigenvalue weighted by molar-refractivity contribution is -0.134. The Morgan fingerprint density at radius 2 is 1.65 bits per heavy atom. The smallest absolute Gasteiger partial charge is 0.236 e. The van der Waals surface area contributed by atoms with Crippen LogP contribution in [0.5, 0.6) is 0 Å². The molecule has 116 valence electrons. The maximum Gasteiger partial charge on any atom is 0.236 e. The lowest BCUT2D eigenvalue weighted by Gasteiger charge is -2.35. The summed E-state index contributed by atoms with van der Waals surface area (Å²) in [7, 11) is -3.15. The van der Waals surface area contributed by atoms with Crippen LogP contribution in [-0.4, -0.2) is 91.7 Å². The third-order valence-electron chi connectivity index (χ3n) is 3.98. The summed E-state index contributed by atoms with van der Waals surface area (Å²) in [5, 5.41) is 9.43. The average molecular weight is 305 g/mol. The maximum atomic E-state index is 12.2. The van der Waals surface area contributed by atoms with Gasteiger partial charge < -0.3 is 10.0 Å². The molecule has 1 N–H and O–H groups in total. The first-order chi connectivity index (χ1) is 9.36. The molecule has 2 saturated heterocycles. The lowest BCUT2D eigenvalue weighted by Crippen LogP contribution is -2.53. The molecule has 2 heterocycles. The molecule has 2 aliphatic rings. The van der Waals surface area contributed by atoms with Gasteiger partial charge >= 0.3 is 0 Å². The average Bonchev–Trinajstić information content (AvgIpc) is 2.40. The molecule has 8 heteroatoms. The Labute approximate surface area is 120 Å². The van der Waals surface area contributed by atoms with Crippen molar-refractivity contribution in [1.82, 2.24) is 14.1 Å². The molecule has 2 aliphatic heterocycles. The molecular weight excluding hydrogens is 282 g/mol. The molecule has 0 aromatic heterocycles. The Hall–Kier alpha value is -0.700. The number of sulfonamides is 1. The van der Waals surface area contributed by atoms with Crippen molar-refractivity contribution in [3.8, 4) is 0 Å². The van der Waals surface area contributed by atoms with Gasteiger partial charge in [-0.2, -0.15) is 4.31 Å². The van der Waals surface area contributed by atoms with Crippen molar-refractivity contribution in [2.24, 2.45) is 0 Å². The highest BCUT2D eigenvalue weighted by molar-refractivity contribution is 7.88. The Morgan fingerprint density at radius 3 is 2.15 bits per heavy atom. The van der Waals surface area contributed by atoms with Gasteiger partial charge in [0.25, 0.3) is 0 Å². The zero-order valence-corrected chi connectivity index (χ0v) is 12.7. The van der Waals surface area contributed by atoms with Crippen LogP contribution in [0.25, 0.3) is 0 Å². The summed E-state index contributed by atoms with van der Waals surface area (Å²) in [4.78, 5) is 15.9. The molecule has 2 rings (SSSR count). The molecule has 0 unspecified atom stereocenters. The number of hydrogen-bond donors (Lipinski definition) is 1. The molecule has 0 bridgehead atoms. The quantitative estimate of drug-likeness (QED) is 0.690. The van der Waals surface area contributed by atoms with Crippen molar-refractivity contribution in [2.45, 2.75) is 18.9 Å². The van der Waals surface area contributed by atoms with E-state index >= 15 is 0 Å². The molecule has 0 atom stereocenters. The molecule has 0 radical (unpaired) electrons. The van der Waals surface area contributed by atoms with E-state index < -0.39 is 10.0 Å². The summed E-state index contributed by atoms with van der Waals surface area (Å²) in [5.41, 5.74) is 0. The summed E-state index contributed by atoms with van der Waals surface area (Å²) in [6.45, 7) is 3.54. The molecule has 0 spiro atoms. The van der Waals surface area contributed by atoms with Crippen LogP contribution in [-0.2, 0) is 14.8 Å². The third kappa shape index (κ3) is 4.15. The second kappa shape index (κ2) is 6.38. The standard InChI is InChI=1S/C12H23N3O4S/c1-20(18,19)15-8-6-14(7-9-15)12(17)10-13-4-2-11(16)3-5-13/h11,16H,2-10H2,1H3. The minimum Gasteiger partial charge on any atom is -0.393 e. The fourth-order valence-corrected chi connectivity index (χ4v) is 3.46. The SMILES string of the molecule is CS(=O)(=O)N1CCN(C(=O)CN2CCC(O)CC2)CC1. The van der Waals surface area contributed by atoms with Crippen LogP contribution in [0.1, 0.15) is 12.8 Å². The van der Waals surface area contributed by atoms with Crippen LogP contribution < -0.4 is 0 Å². The largest absolute Gasteiger partial charge is 0.393 e. The predicted octanol–water partition coefficient (Wildman–Crippen LogP) is -1.45. The van der Waals surface area contributed by atoms with Crippen molar-refractivity contribution in [1.29, 1.82) is 0 Å². The zero-order valence-electron chi connectivity index (χ0n) is 11.9. The van der Waals surface area contributed by atoms with E-state index in [2.05, 4.69) is 4.90 Å². The first-order valence-corrected chi connectivity index (χ1v) is 8.84. The predicted molar refractivity (Wildman–Crippen MR) is 74.7 cm³/mol. The fourth-order valence-electron chi connectivity index (χ4n) is 2.64. The highest BCUT2D eigenvalue weighted by atomic mass is 32.2. The van der Waals surface area contributed by atoms with Gasteiger partial charge in [0.05, 0.1) is 18.9 Å². The van der Waals surface area contributed by atoms with E-state index in [4.69, 9.17) is 0 Å². The normalized spacial score (nSPS) is 24.0. The molecule has 1 amide bonds. The Balaban J connectivity index is 1.77. The number of piperidine rings is 1. The number of nitrogens with zero attached hydrogens (tertiary/aromatic N) is 3. The Bertz CT molecular complexity index is 438. The van der Waals surface area contributed by atoms with Crippen molar-refractivity contribution >= 4 is 15.9 Å². The topological polar surface area (TPSA) is 81.2 Å². The summed E-state index contributed by atoms with van der Waals surface area (Å²) < 4.78 is 24.2. The van der Waals surface area contributed by atoms with Crippen molar-refractivity contribution < 1.29 is 18.3 Å². The van der Waals surface area contributed by atoms with Crippen LogP contribution in [0.4, 0.5) is 0 Å². The van der Waals surface area contributed by atoms with Crippen LogP contribution in [0.2, 0.25) is 0 Å². The monoisotopic (exact) mass is 305 g/mol. The minimum absolute atomic E-state index is 0.0505. The fraction of sp³-hybridized carbons (Fsp3) is 0.917. The maximum absolute atomic E-state index is 12.2. The van der Waals surface area contributed by atoms with Gasteiger partial charge in [0.2, 0.25) is 15.9 Å². The number of amides is 1. The molecular formula is C12H23N3O4S. The zero-order chi connectivity index (χ0) is 14.8. The summed E-state index contributed by atoms with van der Waals surface area (Å²) in [6.07, 6.45) is 2.40. The first kappa shape index (κ1) is 15.7. The highest BCUT2D eigenvalue weighted by Gasteiger charge is 2.27. The molecule has 7 nitrogen and oxygen atoms in total. The van der Waals surface area contributed by atoms with Gasteiger partial charge in [0.1, 0.15) is 0 Å². The van der Waals surface area contributed by atoms with Gasteiger partial charge in [0, 0.05) is 39.3 Å². The minimum atomic E-state index is -3.15. The Morgan fingerprint density at radius 1 is 1.10 bits per heavy atom. The van der Waals surface area contributed by atoms with E-state index in [1.165, 1.54) is 10.6 Å². The van der Waals surface area contributed by atoms with Crippen LogP contribution in [0.3, 0.4) is 0 Å². The van der Waals surface area contributed by atoms with E-state index in [1.54, 1.807) is 4.90 Å². The van der Waals surface area contributed by atoms with Gasteiger partial charge in [0.15, 0.2) is 0 Å². The number of piperazine rings is 1. The van der Waals surface area contributed by atoms with E-state index in [-0.39, 0.29) is 12.0 Å². The van der Waals surface area contributed by atoms with Crippen LogP contribution in [0.15, 0.2) is 0 Å². The van der Waals surface area contributed by atoms with Gasteiger partial charge in [-0.25, -0.2) is 8.42 Å². The molecule has 0 saturated carbocycles. The van der Waals surface area contributed by atoms with E-state index in [1.807, 2.05) is 0 Å². The summed E-state index contributed by atoms with van der Waals surface area (Å²) in [6, 6.07) is 0. The summed E-state index contributed by atoms with van der Waals surface area (Å²) >= 11 is 0. The first-order valence-electron chi connectivity index (χ1n) is 6.99.